The van der Waals surface area contributed by atoms with Crippen LogP contribution in [0.5, 0.6) is 0 Å². The Kier molecular flexibility index (Phi) is 3.68. The highest BCUT2D eigenvalue weighted by atomic mass is 15.2. The van der Waals surface area contributed by atoms with E-state index in [1.54, 1.807) is 0 Å². The quantitative estimate of drug-likeness (QED) is 0.713. The minimum Gasteiger partial charge on any atom is -0.317 e. The lowest BCUT2D eigenvalue weighted by Crippen LogP contribution is -2.53. The summed E-state index contributed by atoms with van der Waals surface area (Å²) in [5, 5.41) is 3.46. The van der Waals surface area contributed by atoms with Crippen LogP contribution < -0.4 is 5.32 Å². The number of nitrogens with zero attached hydrogens (tertiary/aromatic N) is 1. The minimum absolute atomic E-state index is 0.796. The molecule has 15 heavy (non-hydrogen) atoms. The molecule has 0 aromatic carbocycles. The van der Waals surface area contributed by atoms with Crippen LogP contribution in [0.1, 0.15) is 40.0 Å². The van der Waals surface area contributed by atoms with Crippen LogP contribution in [0.25, 0.3) is 0 Å². The van der Waals surface area contributed by atoms with E-state index in [0.717, 1.165) is 23.9 Å². The molecule has 2 heteroatoms. The molecule has 2 aliphatic rings. The van der Waals surface area contributed by atoms with Gasteiger partial charge in [-0.15, -0.1) is 0 Å². The molecule has 0 spiro atoms. The van der Waals surface area contributed by atoms with Gasteiger partial charge in [-0.05, 0) is 51.1 Å². The third-order valence-corrected chi connectivity index (χ3v) is 4.42. The number of piperidine rings is 2. The monoisotopic (exact) mass is 210 g/mol. The van der Waals surface area contributed by atoms with E-state index in [-0.39, 0.29) is 0 Å². The third-order valence-electron chi connectivity index (χ3n) is 4.42. The summed E-state index contributed by atoms with van der Waals surface area (Å²) >= 11 is 0. The second-order valence-electron chi connectivity index (χ2n) is 5.74. The molecule has 2 fully saturated rings. The SMILES string of the molecule is CC1CC(C)C(C)N(C2CCNCC2)C1. The van der Waals surface area contributed by atoms with Gasteiger partial charge in [-0.25, -0.2) is 0 Å². The largest absolute Gasteiger partial charge is 0.317 e. The van der Waals surface area contributed by atoms with E-state index in [2.05, 4.69) is 31.0 Å². The molecule has 2 heterocycles. The molecule has 0 aliphatic carbocycles. The zero-order valence-electron chi connectivity index (χ0n) is 10.5. The lowest BCUT2D eigenvalue weighted by Gasteiger charge is -2.46. The molecule has 0 bridgehead atoms. The number of hydrogen-bond donors (Lipinski definition) is 1. The lowest BCUT2D eigenvalue weighted by molar-refractivity contribution is 0.0285. The fourth-order valence-electron chi connectivity index (χ4n) is 3.38. The Balaban J connectivity index is 1.98. The first-order valence-electron chi connectivity index (χ1n) is 6.65. The molecular formula is C13H26N2. The van der Waals surface area contributed by atoms with E-state index < -0.39 is 0 Å². The van der Waals surface area contributed by atoms with Crippen LogP contribution in [0.4, 0.5) is 0 Å². The summed E-state index contributed by atoms with van der Waals surface area (Å²) in [5.74, 6) is 1.77. The van der Waals surface area contributed by atoms with Crippen molar-refractivity contribution < 1.29 is 0 Å². The molecular weight excluding hydrogens is 184 g/mol. The average Bonchev–Trinajstić information content (AvgIpc) is 2.24. The molecule has 2 nitrogen and oxygen atoms in total. The summed E-state index contributed by atoms with van der Waals surface area (Å²) in [5.41, 5.74) is 0. The fourth-order valence-corrected chi connectivity index (χ4v) is 3.38. The van der Waals surface area contributed by atoms with Crippen molar-refractivity contribution >= 4 is 0 Å². The Morgan fingerprint density at radius 2 is 1.73 bits per heavy atom. The first-order chi connectivity index (χ1) is 7.18. The maximum absolute atomic E-state index is 3.46. The van der Waals surface area contributed by atoms with E-state index in [4.69, 9.17) is 0 Å². The normalized spacial score (nSPS) is 40.6. The van der Waals surface area contributed by atoms with Crippen molar-refractivity contribution in [2.75, 3.05) is 19.6 Å². The molecule has 0 aromatic heterocycles. The Labute approximate surface area is 94.4 Å². The van der Waals surface area contributed by atoms with Crippen molar-refractivity contribution in [2.24, 2.45) is 11.8 Å². The van der Waals surface area contributed by atoms with E-state index in [1.807, 2.05) is 0 Å². The van der Waals surface area contributed by atoms with E-state index in [1.165, 1.54) is 38.9 Å². The second-order valence-corrected chi connectivity index (χ2v) is 5.74. The molecule has 3 atom stereocenters. The van der Waals surface area contributed by atoms with E-state index >= 15 is 0 Å². The van der Waals surface area contributed by atoms with Gasteiger partial charge in [-0.2, -0.15) is 0 Å². The summed E-state index contributed by atoms with van der Waals surface area (Å²) in [6, 6.07) is 1.65. The van der Waals surface area contributed by atoms with Crippen molar-refractivity contribution in [2.45, 2.75) is 52.1 Å². The van der Waals surface area contributed by atoms with Gasteiger partial charge in [0.25, 0.3) is 0 Å². The molecule has 0 saturated carbocycles. The first-order valence-corrected chi connectivity index (χ1v) is 6.65. The molecule has 0 radical (unpaired) electrons. The Morgan fingerprint density at radius 1 is 1.07 bits per heavy atom. The molecule has 3 unspecified atom stereocenters. The molecule has 2 rings (SSSR count). The standard InChI is InChI=1S/C13H26N2/c1-10-8-11(2)12(3)15(9-10)13-4-6-14-7-5-13/h10-14H,4-9H2,1-3H3. The van der Waals surface area contributed by atoms with E-state index in [9.17, 15) is 0 Å². The molecule has 88 valence electrons. The number of rotatable bonds is 1. The first kappa shape index (κ1) is 11.4. The topological polar surface area (TPSA) is 15.3 Å². The fraction of sp³-hybridized carbons (Fsp3) is 1.00. The van der Waals surface area contributed by atoms with Crippen molar-refractivity contribution in [1.29, 1.82) is 0 Å². The summed E-state index contributed by atoms with van der Waals surface area (Å²) in [6.45, 7) is 11.0. The van der Waals surface area contributed by atoms with Gasteiger partial charge in [0, 0.05) is 18.6 Å². The summed E-state index contributed by atoms with van der Waals surface area (Å²) in [4.78, 5) is 2.79. The van der Waals surface area contributed by atoms with Gasteiger partial charge in [-0.1, -0.05) is 13.8 Å². The highest BCUT2D eigenvalue weighted by molar-refractivity contribution is 4.88. The van der Waals surface area contributed by atoms with Crippen molar-refractivity contribution in [1.82, 2.24) is 10.2 Å². The molecule has 0 amide bonds. The van der Waals surface area contributed by atoms with Gasteiger partial charge in [0.1, 0.15) is 0 Å². The highest BCUT2D eigenvalue weighted by Crippen LogP contribution is 2.30. The number of likely N-dealkylation sites (tertiary alicyclic amines) is 1. The molecule has 2 aliphatic heterocycles. The predicted molar refractivity (Wildman–Crippen MR) is 65.0 cm³/mol. The molecule has 0 aromatic rings. The van der Waals surface area contributed by atoms with E-state index in [0.29, 0.717) is 0 Å². The Bertz CT molecular complexity index is 199. The Hall–Kier alpha value is -0.0800. The maximum atomic E-state index is 3.46. The third kappa shape index (κ3) is 2.54. The van der Waals surface area contributed by atoms with Gasteiger partial charge in [-0.3, -0.25) is 4.90 Å². The van der Waals surface area contributed by atoms with Crippen molar-refractivity contribution in [3.05, 3.63) is 0 Å². The van der Waals surface area contributed by atoms with Gasteiger partial charge >= 0.3 is 0 Å². The zero-order valence-corrected chi connectivity index (χ0v) is 10.5. The van der Waals surface area contributed by atoms with Crippen LogP contribution in [0.2, 0.25) is 0 Å². The summed E-state index contributed by atoms with van der Waals surface area (Å²) in [6.07, 6.45) is 4.12. The van der Waals surface area contributed by atoms with Gasteiger partial charge in [0.05, 0.1) is 0 Å². The van der Waals surface area contributed by atoms with Gasteiger partial charge < -0.3 is 5.32 Å². The lowest BCUT2D eigenvalue weighted by atomic mass is 9.84. The minimum atomic E-state index is 0.796. The van der Waals surface area contributed by atoms with Crippen LogP contribution in [-0.2, 0) is 0 Å². The predicted octanol–water partition coefficient (Wildman–Crippen LogP) is 2.10. The zero-order chi connectivity index (χ0) is 10.8. The Morgan fingerprint density at radius 3 is 2.40 bits per heavy atom. The molecule has 1 N–H and O–H groups in total. The van der Waals surface area contributed by atoms with Crippen LogP contribution in [-0.4, -0.2) is 36.6 Å². The average molecular weight is 210 g/mol. The van der Waals surface area contributed by atoms with Crippen molar-refractivity contribution in [3.8, 4) is 0 Å². The smallest absolute Gasteiger partial charge is 0.0122 e. The maximum Gasteiger partial charge on any atom is 0.0122 e. The van der Waals surface area contributed by atoms with Crippen LogP contribution in [0.3, 0.4) is 0 Å². The van der Waals surface area contributed by atoms with Crippen molar-refractivity contribution in [3.63, 3.8) is 0 Å². The van der Waals surface area contributed by atoms with Crippen LogP contribution in [0.15, 0.2) is 0 Å². The second kappa shape index (κ2) is 4.84. The van der Waals surface area contributed by atoms with Crippen LogP contribution in [0, 0.1) is 11.8 Å². The number of nitrogens with one attached hydrogen (secondary N) is 1. The van der Waals surface area contributed by atoms with Gasteiger partial charge in [0.15, 0.2) is 0 Å². The summed E-state index contributed by atoms with van der Waals surface area (Å²) < 4.78 is 0. The highest BCUT2D eigenvalue weighted by Gasteiger charge is 2.33. The van der Waals surface area contributed by atoms with Gasteiger partial charge in [0.2, 0.25) is 0 Å². The van der Waals surface area contributed by atoms with Crippen LogP contribution >= 0.6 is 0 Å². The molecule has 2 saturated heterocycles. The number of hydrogen-bond acceptors (Lipinski definition) is 2. The summed E-state index contributed by atoms with van der Waals surface area (Å²) in [7, 11) is 0.